The minimum Gasteiger partial charge on any atom is -0.441 e. The first-order valence-electron chi connectivity index (χ1n) is 11.1. The summed E-state index contributed by atoms with van der Waals surface area (Å²) in [5.41, 5.74) is 1.81. The van der Waals surface area contributed by atoms with Crippen molar-refractivity contribution in [3.8, 4) is 0 Å². The fourth-order valence-corrected chi connectivity index (χ4v) is 5.43. The maximum absolute atomic E-state index is 13.5. The van der Waals surface area contributed by atoms with Gasteiger partial charge in [-0.25, -0.2) is 14.8 Å². The van der Waals surface area contributed by atoms with Crippen LogP contribution in [0.3, 0.4) is 0 Å². The Bertz CT molecular complexity index is 1030. The van der Waals surface area contributed by atoms with Gasteiger partial charge in [-0.3, -0.25) is 10.1 Å². The van der Waals surface area contributed by atoms with Gasteiger partial charge in [-0.15, -0.1) is 0 Å². The molecular weight excluding hydrogens is 430 g/mol. The standard InChI is InChI=1S/C23H26ClN5O3/c1-3-18(14-4-6-15(24)7-5-14)22(30)28-10-16-8-9-17(11-28)29(16)21-19-13(2)32-23(31)27-20(19)25-12-26-21/h4-7,12-13,16-18H,3,8-11H2,1-2H3,(H,25,26,27,31)/t13-,16?,17?,18-/m1/s1. The zero-order valence-electron chi connectivity index (χ0n) is 18.1. The lowest BCUT2D eigenvalue weighted by atomic mass is 9.94. The highest BCUT2D eigenvalue weighted by Gasteiger charge is 2.45. The van der Waals surface area contributed by atoms with E-state index in [0.717, 1.165) is 36.2 Å². The highest BCUT2D eigenvalue weighted by molar-refractivity contribution is 6.30. The van der Waals surface area contributed by atoms with Crippen LogP contribution >= 0.6 is 11.6 Å². The van der Waals surface area contributed by atoms with Crippen molar-refractivity contribution < 1.29 is 14.3 Å². The lowest BCUT2D eigenvalue weighted by molar-refractivity contribution is -0.133. The molecule has 2 aromatic rings. The van der Waals surface area contributed by atoms with E-state index in [1.807, 2.05) is 43.0 Å². The van der Waals surface area contributed by atoms with Crippen LogP contribution in [0.1, 0.15) is 56.3 Å². The number of nitrogens with zero attached hydrogens (tertiary/aromatic N) is 4. The number of ether oxygens (including phenoxy) is 1. The van der Waals surface area contributed by atoms with Gasteiger partial charge in [-0.2, -0.15) is 0 Å². The Labute approximate surface area is 191 Å². The molecule has 4 atom stereocenters. The zero-order chi connectivity index (χ0) is 22.4. The predicted molar refractivity (Wildman–Crippen MR) is 121 cm³/mol. The summed E-state index contributed by atoms with van der Waals surface area (Å²) in [4.78, 5) is 38.4. The van der Waals surface area contributed by atoms with Gasteiger partial charge in [0.15, 0.2) is 0 Å². The van der Waals surface area contributed by atoms with Crippen molar-refractivity contribution in [2.75, 3.05) is 23.3 Å². The van der Waals surface area contributed by atoms with Crippen LogP contribution in [-0.2, 0) is 9.53 Å². The monoisotopic (exact) mass is 455 g/mol. The molecule has 4 heterocycles. The van der Waals surface area contributed by atoms with Crippen LogP contribution in [0.5, 0.6) is 0 Å². The number of carbonyl (C=O) groups excluding carboxylic acids is 2. The van der Waals surface area contributed by atoms with Crippen LogP contribution in [0, 0.1) is 0 Å². The summed E-state index contributed by atoms with van der Waals surface area (Å²) in [7, 11) is 0. The maximum Gasteiger partial charge on any atom is 0.413 e. The van der Waals surface area contributed by atoms with E-state index >= 15 is 0 Å². The molecule has 0 aliphatic carbocycles. The van der Waals surface area contributed by atoms with Crippen LogP contribution in [0.25, 0.3) is 0 Å². The highest BCUT2D eigenvalue weighted by atomic mass is 35.5. The largest absolute Gasteiger partial charge is 0.441 e. The van der Waals surface area contributed by atoms with Gasteiger partial charge in [-0.05, 0) is 43.9 Å². The molecule has 0 saturated carbocycles. The van der Waals surface area contributed by atoms with Crippen molar-refractivity contribution in [2.45, 2.75) is 57.2 Å². The molecule has 9 heteroatoms. The summed E-state index contributed by atoms with van der Waals surface area (Å²) in [5.74, 6) is 1.30. The fourth-order valence-electron chi connectivity index (χ4n) is 5.31. The number of piperazine rings is 1. The van der Waals surface area contributed by atoms with E-state index in [-0.39, 0.29) is 23.9 Å². The summed E-state index contributed by atoms with van der Waals surface area (Å²) >= 11 is 6.03. The number of halogens is 1. The molecule has 8 nitrogen and oxygen atoms in total. The molecule has 1 aromatic carbocycles. The molecule has 2 unspecified atom stereocenters. The average molecular weight is 456 g/mol. The van der Waals surface area contributed by atoms with Gasteiger partial charge >= 0.3 is 6.09 Å². The number of nitrogens with one attached hydrogen (secondary N) is 1. The quantitative estimate of drug-likeness (QED) is 0.745. The number of carbonyl (C=O) groups is 2. The van der Waals surface area contributed by atoms with E-state index in [1.54, 1.807) is 0 Å². The molecule has 1 N–H and O–H groups in total. The molecule has 2 saturated heterocycles. The third-order valence-electron chi connectivity index (χ3n) is 6.79. The van der Waals surface area contributed by atoms with Gasteiger partial charge in [0, 0.05) is 30.2 Å². The Morgan fingerprint density at radius 1 is 1.22 bits per heavy atom. The second-order valence-electron chi connectivity index (χ2n) is 8.68. The lowest BCUT2D eigenvalue weighted by Crippen LogP contribution is -2.57. The Balaban J connectivity index is 1.39. The Morgan fingerprint density at radius 2 is 1.91 bits per heavy atom. The number of hydrogen-bond acceptors (Lipinski definition) is 6. The molecule has 3 aliphatic heterocycles. The van der Waals surface area contributed by atoms with Gasteiger partial charge in [0.1, 0.15) is 24.1 Å². The SMILES string of the molecule is CC[C@@H](C(=O)N1CC2CCC(C1)N2c1ncnc2c1[C@@H](C)OC(=O)N2)c1ccc(Cl)cc1. The van der Waals surface area contributed by atoms with E-state index in [4.69, 9.17) is 16.3 Å². The van der Waals surface area contributed by atoms with E-state index in [1.165, 1.54) is 6.33 Å². The number of fused-ring (bicyclic) bond motifs is 3. The molecule has 0 radical (unpaired) electrons. The van der Waals surface area contributed by atoms with Crippen LogP contribution < -0.4 is 10.2 Å². The molecular formula is C23H26ClN5O3. The normalized spacial score (nSPS) is 25.1. The molecule has 0 spiro atoms. The molecule has 168 valence electrons. The number of aromatic nitrogens is 2. The number of cyclic esters (lactones) is 1. The van der Waals surface area contributed by atoms with Crippen molar-refractivity contribution >= 4 is 35.2 Å². The second kappa shape index (κ2) is 8.24. The third kappa shape index (κ3) is 3.56. The Hall–Kier alpha value is -2.87. The van der Waals surface area contributed by atoms with Crippen LogP contribution in [0.15, 0.2) is 30.6 Å². The summed E-state index contributed by atoms with van der Waals surface area (Å²) in [6.45, 7) is 5.19. The van der Waals surface area contributed by atoms with Gasteiger partial charge in [0.25, 0.3) is 0 Å². The number of likely N-dealkylation sites (tertiary alicyclic amines) is 1. The second-order valence-corrected chi connectivity index (χ2v) is 9.12. The molecule has 2 amide bonds. The summed E-state index contributed by atoms with van der Waals surface area (Å²) in [5, 5.41) is 3.35. The number of rotatable bonds is 4. The molecule has 1 aromatic heterocycles. The van der Waals surface area contributed by atoms with Crippen molar-refractivity contribution in [3.63, 3.8) is 0 Å². The Morgan fingerprint density at radius 3 is 2.56 bits per heavy atom. The van der Waals surface area contributed by atoms with E-state index in [9.17, 15) is 9.59 Å². The lowest BCUT2D eigenvalue weighted by Gasteiger charge is -2.44. The minimum absolute atomic E-state index is 0.167. The summed E-state index contributed by atoms with van der Waals surface area (Å²) < 4.78 is 5.37. The van der Waals surface area contributed by atoms with Gasteiger partial charge in [0.05, 0.1) is 11.5 Å². The van der Waals surface area contributed by atoms with Crippen molar-refractivity contribution in [1.82, 2.24) is 14.9 Å². The maximum atomic E-state index is 13.5. The van der Waals surface area contributed by atoms with Crippen molar-refractivity contribution in [2.24, 2.45) is 0 Å². The molecule has 2 bridgehead atoms. The number of anilines is 2. The third-order valence-corrected chi connectivity index (χ3v) is 7.04. The van der Waals surface area contributed by atoms with E-state index in [2.05, 4.69) is 20.2 Å². The average Bonchev–Trinajstić information content (AvgIpc) is 3.03. The first-order valence-corrected chi connectivity index (χ1v) is 11.5. The van der Waals surface area contributed by atoms with Gasteiger partial charge in [-0.1, -0.05) is 30.7 Å². The van der Waals surface area contributed by atoms with Gasteiger partial charge < -0.3 is 14.5 Å². The summed E-state index contributed by atoms with van der Waals surface area (Å²) in [6.07, 6.45) is 3.28. The first-order chi connectivity index (χ1) is 15.5. The van der Waals surface area contributed by atoms with Crippen LogP contribution in [0.4, 0.5) is 16.4 Å². The first kappa shape index (κ1) is 21.0. The smallest absolute Gasteiger partial charge is 0.413 e. The Kier molecular flexibility index (Phi) is 5.41. The van der Waals surface area contributed by atoms with E-state index in [0.29, 0.717) is 23.9 Å². The molecule has 3 aliphatic rings. The van der Waals surface area contributed by atoms with E-state index < -0.39 is 12.2 Å². The number of amides is 2. The van der Waals surface area contributed by atoms with Crippen molar-refractivity contribution in [1.29, 1.82) is 0 Å². The van der Waals surface area contributed by atoms with Gasteiger partial charge in [0.2, 0.25) is 5.91 Å². The van der Waals surface area contributed by atoms with Crippen LogP contribution in [-0.4, -0.2) is 52.0 Å². The highest BCUT2D eigenvalue weighted by Crippen LogP contribution is 2.42. The fraction of sp³-hybridized carbons (Fsp3) is 0.478. The zero-order valence-corrected chi connectivity index (χ0v) is 18.9. The molecule has 32 heavy (non-hydrogen) atoms. The minimum atomic E-state index is -0.499. The molecule has 5 rings (SSSR count). The van der Waals surface area contributed by atoms with Crippen molar-refractivity contribution in [3.05, 3.63) is 46.7 Å². The topological polar surface area (TPSA) is 87.7 Å². The number of benzene rings is 1. The number of hydrogen-bond donors (Lipinski definition) is 1. The summed E-state index contributed by atoms with van der Waals surface area (Å²) in [6, 6.07) is 7.92. The predicted octanol–water partition coefficient (Wildman–Crippen LogP) is 4.13. The molecule has 2 fully saturated rings. The van der Waals surface area contributed by atoms with Crippen LogP contribution in [0.2, 0.25) is 5.02 Å².